The van der Waals surface area contributed by atoms with Crippen LogP contribution in [0.15, 0.2) is 30.5 Å². The summed E-state index contributed by atoms with van der Waals surface area (Å²) in [4.78, 5) is 15.7. The molecule has 0 saturated carbocycles. The molecule has 98 valence electrons. The lowest BCUT2D eigenvalue weighted by Gasteiger charge is -2.06. The SMILES string of the molecule is Cc1cc(NC(=O)c2cc(F)cc(F)c2)cnc1Cl. The minimum atomic E-state index is -0.810. The van der Waals surface area contributed by atoms with Crippen molar-refractivity contribution in [3.8, 4) is 0 Å². The summed E-state index contributed by atoms with van der Waals surface area (Å²) in [5, 5.41) is 2.82. The van der Waals surface area contributed by atoms with Gasteiger partial charge in [0.25, 0.3) is 5.91 Å². The minimum absolute atomic E-state index is 0.106. The lowest BCUT2D eigenvalue weighted by atomic mass is 10.2. The molecule has 2 rings (SSSR count). The molecule has 1 N–H and O–H groups in total. The van der Waals surface area contributed by atoms with Crippen LogP contribution in [0.2, 0.25) is 5.15 Å². The van der Waals surface area contributed by atoms with E-state index in [9.17, 15) is 13.6 Å². The Labute approximate surface area is 113 Å². The third-order valence-corrected chi connectivity index (χ3v) is 2.79. The number of nitrogens with zero attached hydrogens (tertiary/aromatic N) is 1. The normalized spacial score (nSPS) is 10.3. The van der Waals surface area contributed by atoms with Gasteiger partial charge in [0.2, 0.25) is 0 Å². The largest absolute Gasteiger partial charge is 0.321 e. The monoisotopic (exact) mass is 282 g/mol. The number of anilines is 1. The van der Waals surface area contributed by atoms with E-state index >= 15 is 0 Å². The van der Waals surface area contributed by atoms with E-state index in [0.29, 0.717) is 22.5 Å². The fourth-order valence-corrected chi connectivity index (χ4v) is 1.62. The van der Waals surface area contributed by atoms with Crippen molar-refractivity contribution in [2.75, 3.05) is 5.32 Å². The minimum Gasteiger partial charge on any atom is -0.321 e. The number of halogens is 3. The Bertz CT molecular complexity index is 626. The maximum absolute atomic E-state index is 13.0. The second-order valence-electron chi connectivity index (χ2n) is 3.94. The van der Waals surface area contributed by atoms with Crippen LogP contribution in [0.5, 0.6) is 0 Å². The Morgan fingerprint density at radius 3 is 2.42 bits per heavy atom. The fourth-order valence-electron chi connectivity index (χ4n) is 1.51. The standard InChI is InChI=1S/C13H9ClF2N2O/c1-7-2-11(6-17-12(7)14)18-13(19)8-3-9(15)5-10(16)4-8/h2-6H,1H3,(H,18,19). The quantitative estimate of drug-likeness (QED) is 0.856. The summed E-state index contributed by atoms with van der Waals surface area (Å²) in [7, 11) is 0. The van der Waals surface area contributed by atoms with E-state index in [0.717, 1.165) is 12.1 Å². The van der Waals surface area contributed by atoms with E-state index in [2.05, 4.69) is 10.3 Å². The molecule has 0 saturated heterocycles. The first kappa shape index (κ1) is 13.4. The Morgan fingerprint density at radius 2 is 1.84 bits per heavy atom. The molecule has 19 heavy (non-hydrogen) atoms. The maximum Gasteiger partial charge on any atom is 0.255 e. The molecule has 0 aliphatic carbocycles. The third kappa shape index (κ3) is 3.26. The molecule has 0 unspecified atom stereocenters. The number of amides is 1. The summed E-state index contributed by atoms with van der Waals surface area (Å²) >= 11 is 5.75. The van der Waals surface area contributed by atoms with Crippen molar-refractivity contribution in [1.29, 1.82) is 0 Å². The molecular weight excluding hydrogens is 274 g/mol. The summed E-state index contributed by atoms with van der Waals surface area (Å²) < 4.78 is 26.0. The molecule has 1 aromatic carbocycles. The van der Waals surface area contributed by atoms with Gasteiger partial charge >= 0.3 is 0 Å². The van der Waals surface area contributed by atoms with Crippen LogP contribution in [0, 0.1) is 18.6 Å². The topological polar surface area (TPSA) is 42.0 Å². The predicted molar refractivity (Wildman–Crippen MR) is 68.3 cm³/mol. The number of nitrogens with one attached hydrogen (secondary N) is 1. The highest BCUT2D eigenvalue weighted by atomic mass is 35.5. The molecule has 0 atom stereocenters. The highest BCUT2D eigenvalue weighted by Crippen LogP contribution is 2.17. The van der Waals surface area contributed by atoms with Crippen LogP contribution < -0.4 is 5.32 Å². The van der Waals surface area contributed by atoms with Gasteiger partial charge in [-0.15, -0.1) is 0 Å². The van der Waals surface area contributed by atoms with Crippen LogP contribution >= 0.6 is 11.6 Å². The number of hydrogen-bond acceptors (Lipinski definition) is 2. The van der Waals surface area contributed by atoms with Crippen molar-refractivity contribution in [3.63, 3.8) is 0 Å². The van der Waals surface area contributed by atoms with E-state index in [1.54, 1.807) is 13.0 Å². The highest BCUT2D eigenvalue weighted by Gasteiger charge is 2.10. The highest BCUT2D eigenvalue weighted by molar-refractivity contribution is 6.30. The maximum atomic E-state index is 13.0. The van der Waals surface area contributed by atoms with Gasteiger partial charge in [0.05, 0.1) is 11.9 Å². The lowest BCUT2D eigenvalue weighted by Crippen LogP contribution is -2.13. The molecule has 6 heteroatoms. The Balaban J connectivity index is 2.22. The van der Waals surface area contributed by atoms with Crippen LogP contribution in [0.1, 0.15) is 15.9 Å². The first-order valence-corrected chi connectivity index (χ1v) is 5.73. The van der Waals surface area contributed by atoms with Gasteiger partial charge in [-0.2, -0.15) is 0 Å². The van der Waals surface area contributed by atoms with Crippen molar-refractivity contribution < 1.29 is 13.6 Å². The summed E-state index contributed by atoms with van der Waals surface area (Å²) in [6.45, 7) is 1.73. The summed E-state index contributed by atoms with van der Waals surface area (Å²) in [5.41, 5.74) is 0.978. The molecule has 0 spiro atoms. The van der Waals surface area contributed by atoms with Gasteiger partial charge in [-0.1, -0.05) is 11.6 Å². The van der Waals surface area contributed by atoms with E-state index < -0.39 is 17.5 Å². The average Bonchev–Trinajstić information content (AvgIpc) is 2.32. The van der Waals surface area contributed by atoms with E-state index in [1.165, 1.54) is 6.20 Å². The van der Waals surface area contributed by atoms with Gasteiger partial charge in [0, 0.05) is 11.6 Å². The smallest absolute Gasteiger partial charge is 0.255 e. The number of pyridine rings is 1. The number of carbonyl (C=O) groups is 1. The lowest BCUT2D eigenvalue weighted by molar-refractivity contribution is 0.102. The Morgan fingerprint density at radius 1 is 1.21 bits per heavy atom. The molecule has 1 amide bonds. The number of benzene rings is 1. The van der Waals surface area contributed by atoms with Gasteiger partial charge in [-0.3, -0.25) is 4.79 Å². The van der Waals surface area contributed by atoms with Gasteiger partial charge < -0.3 is 5.32 Å². The first-order chi connectivity index (χ1) is 8.95. The molecular formula is C13H9ClF2N2O. The zero-order valence-corrected chi connectivity index (χ0v) is 10.6. The number of rotatable bonds is 2. The number of aromatic nitrogens is 1. The molecule has 0 aliphatic rings. The van der Waals surface area contributed by atoms with Crippen LogP contribution in [-0.2, 0) is 0 Å². The second kappa shape index (κ2) is 5.32. The summed E-state index contributed by atoms with van der Waals surface area (Å²) in [5.74, 6) is -2.24. The fraction of sp³-hybridized carbons (Fsp3) is 0.0769. The van der Waals surface area contributed by atoms with Crippen molar-refractivity contribution in [1.82, 2.24) is 4.98 Å². The second-order valence-corrected chi connectivity index (χ2v) is 4.30. The van der Waals surface area contributed by atoms with Crippen LogP contribution in [0.4, 0.5) is 14.5 Å². The van der Waals surface area contributed by atoms with Crippen molar-refractivity contribution in [2.24, 2.45) is 0 Å². The van der Waals surface area contributed by atoms with Crippen molar-refractivity contribution in [2.45, 2.75) is 6.92 Å². The van der Waals surface area contributed by atoms with Gasteiger partial charge in [-0.05, 0) is 30.7 Å². The van der Waals surface area contributed by atoms with E-state index in [1.807, 2.05) is 0 Å². The number of hydrogen-bond donors (Lipinski definition) is 1. The van der Waals surface area contributed by atoms with Crippen LogP contribution in [0.3, 0.4) is 0 Å². The molecule has 0 aliphatic heterocycles. The van der Waals surface area contributed by atoms with Gasteiger partial charge in [0.15, 0.2) is 0 Å². The van der Waals surface area contributed by atoms with Crippen molar-refractivity contribution in [3.05, 3.63) is 58.4 Å². The molecule has 0 radical (unpaired) electrons. The Hall–Kier alpha value is -2.01. The summed E-state index contributed by atoms with van der Waals surface area (Å²) in [6, 6.07) is 4.22. The van der Waals surface area contributed by atoms with E-state index in [4.69, 9.17) is 11.6 Å². The van der Waals surface area contributed by atoms with Gasteiger partial charge in [-0.25, -0.2) is 13.8 Å². The molecule has 0 fully saturated rings. The molecule has 1 aromatic heterocycles. The molecule has 1 heterocycles. The number of carbonyl (C=O) groups excluding carboxylic acids is 1. The van der Waals surface area contributed by atoms with Crippen LogP contribution in [-0.4, -0.2) is 10.9 Å². The zero-order valence-electron chi connectivity index (χ0n) is 9.88. The summed E-state index contributed by atoms with van der Waals surface area (Å²) in [6.07, 6.45) is 1.36. The molecule has 3 nitrogen and oxygen atoms in total. The predicted octanol–water partition coefficient (Wildman–Crippen LogP) is 3.57. The average molecular weight is 283 g/mol. The van der Waals surface area contributed by atoms with E-state index in [-0.39, 0.29) is 5.56 Å². The molecule has 2 aromatic rings. The Kier molecular flexibility index (Phi) is 3.76. The number of aryl methyl sites for hydroxylation is 1. The van der Waals surface area contributed by atoms with Crippen molar-refractivity contribution >= 4 is 23.2 Å². The third-order valence-electron chi connectivity index (χ3n) is 2.40. The molecule has 0 bridgehead atoms. The van der Waals surface area contributed by atoms with Gasteiger partial charge in [0.1, 0.15) is 16.8 Å². The zero-order chi connectivity index (χ0) is 14.0. The van der Waals surface area contributed by atoms with Crippen LogP contribution in [0.25, 0.3) is 0 Å². The first-order valence-electron chi connectivity index (χ1n) is 5.35.